The molecule has 1 aliphatic rings. The summed E-state index contributed by atoms with van der Waals surface area (Å²) >= 11 is 0. The van der Waals surface area contributed by atoms with Crippen LogP contribution in [-0.4, -0.2) is 18.6 Å². The normalized spacial score (nSPS) is 17.3. The van der Waals surface area contributed by atoms with Gasteiger partial charge in [0, 0.05) is 23.7 Å². The maximum Gasteiger partial charge on any atom is 0.258 e. The van der Waals surface area contributed by atoms with Crippen LogP contribution in [-0.2, 0) is 4.79 Å². The van der Waals surface area contributed by atoms with Crippen LogP contribution in [0.4, 0.5) is 4.39 Å². The molecule has 1 aromatic rings. The second-order valence-electron chi connectivity index (χ2n) is 5.66. The van der Waals surface area contributed by atoms with Gasteiger partial charge in [0.1, 0.15) is 11.6 Å². The summed E-state index contributed by atoms with van der Waals surface area (Å²) in [6, 6.07) is 4.39. The van der Waals surface area contributed by atoms with Gasteiger partial charge in [-0.1, -0.05) is 25.3 Å². The molecule has 1 aliphatic carbocycles. The van der Waals surface area contributed by atoms with Crippen LogP contribution in [0.5, 0.6) is 5.75 Å². The van der Waals surface area contributed by atoms with E-state index in [2.05, 4.69) is 5.32 Å². The number of carbonyl (C=O) groups excluding carboxylic acids is 1. The molecule has 5 heteroatoms. The largest absolute Gasteiger partial charge is 0.484 e. The number of benzene rings is 1. The van der Waals surface area contributed by atoms with Crippen molar-refractivity contribution in [1.82, 2.24) is 5.32 Å². The lowest BCUT2D eigenvalue weighted by atomic mass is 9.95. The van der Waals surface area contributed by atoms with Crippen molar-refractivity contribution in [2.45, 2.75) is 51.1 Å². The number of hydrogen-bond donors (Lipinski definition) is 2. The Morgan fingerprint density at radius 2 is 2.14 bits per heavy atom. The van der Waals surface area contributed by atoms with Gasteiger partial charge in [-0.15, -0.1) is 0 Å². The van der Waals surface area contributed by atoms with Gasteiger partial charge in [-0.3, -0.25) is 4.79 Å². The molecule has 21 heavy (non-hydrogen) atoms. The molecule has 0 aromatic heterocycles. The maximum atomic E-state index is 13.7. The average molecular weight is 294 g/mol. The van der Waals surface area contributed by atoms with E-state index in [9.17, 15) is 9.18 Å². The molecular formula is C16H23FN2O2. The molecule has 4 nitrogen and oxygen atoms in total. The highest BCUT2D eigenvalue weighted by molar-refractivity contribution is 5.77. The Balaban J connectivity index is 1.82. The Kier molecular flexibility index (Phi) is 5.56. The highest BCUT2D eigenvalue weighted by atomic mass is 19.1. The zero-order valence-electron chi connectivity index (χ0n) is 12.4. The van der Waals surface area contributed by atoms with Gasteiger partial charge in [-0.2, -0.15) is 0 Å². The molecule has 0 saturated heterocycles. The Morgan fingerprint density at radius 1 is 1.43 bits per heavy atom. The van der Waals surface area contributed by atoms with E-state index in [1.165, 1.54) is 12.5 Å². The number of amides is 1. The van der Waals surface area contributed by atoms with Crippen molar-refractivity contribution in [2.24, 2.45) is 5.73 Å². The average Bonchev–Trinajstić information content (AvgIpc) is 2.46. The molecule has 1 amide bonds. The van der Waals surface area contributed by atoms with Crippen molar-refractivity contribution in [3.8, 4) is 5.75 Å². The second-order valence-corrected chi connectivity index (χ2v) is 5.66. The number of carbonyl (C=O) groups is 1. The third-order valence-electron chi connectivity index (χ3n) is 3.80. The summed E-state index contributed by atoms with van der Waals surface area (Å²) in [7, 11) is 0. The van der Waals surface area contributed by atoms with Gasteiger partial charge in [0.25, 0.3) is 5.91 Å². The highest BCUT2D eigenvalue weighted by Crippen LogP contribution is 2.21. The summed E-state index contributed by atoms with van der Waals surface area (Å²) in [4.78, 5) is 11.8. The minimum Gasteiger partial charge on any atom is -0.484 e. The van der Waals surface area contributed by atoms with Crippen molar-refractivity contribution in [3.05, 3.63) is 29.6 Å². The Hall–Kier alpha value is -1.62. The van der Waals surface area contributed by atoms with Crippen LogP contribution >= 0.6 is 0 Å². The first-order valence-electron chi connectivity index (χ1n) is 7.53. The van der Waals surface area contributed by atoms with Gasteiger partial charge in [-0.05, 0) is 25.8 Å². The molecule has 0 heterocycles. The molecule has 1 aromatic carbocycles. The standard InChI is InChI=1S/C16H23FN2O2/c1-11(18)14-8-7-13(9-15(14)17)21-10-16(20)19-12-5-3-2-4-6-12/h7-9,11-12H,2-6,10,18H2,1H3,(H,19,20)/t11-/m1/s1. The van der Waals surface area contributed by atoms with Gasteiger partial charge in [-0.25, -0.2) is 4.39 Å². The molecule has 1 saturated carbocycles. The van der Waals surface area contributed by atoms with Crippen LogP contribution in [0.15, 0.2) is 18.2 Å². The lowest BCUT2D eigenvalue weighted by molar-refractivity contribution is -0.124. The lowest BCUT2D eigenvalue weighted by Gasteiger charge is -2.22. The first-order chi connectivity index (χ1) is 10.1. The van der Waals surface area contributed by atoms with Crippen LogP contribution in [0.25, 0.3) is 0 Å². The number of halogens is 1. The molecule has 116 valence electrons. The molecule has 1 atom stereocenters. The van der Waals surface area contributed by atoms with Crippen molar-refractivity contribution in [1.29, 1.82) is 0 Å². The molecule has 2 rings (SSSR count). The molecule has 0 spiro atoms. The molecule has 1 fully saturated rings. The zero-order valence-corrected chi connectivity index (χ0v) is 12.4. The molecule has 0 unspecified atom stereocenters. The van der Waals surface area contributed by atoms with Gasteiger partial charge in [0.2, 0.25) is 0 Å². The molecule has 0 aliphatic heterocycles. The van der Waals surface area contributed by atoms with E-state index in [1.807, 2.05) is 0 Å². The second kappa shape index (κ2) is 7.41. The van der Waals surface area contributed by atoms with E-state index >= 15 is 0 Å². The van der Waals surface area contributed by atoms with E-state index in [4.69, 9.17) is 10.5 Å². The van der Waals surface area contributed by atoms with Crippen molar-refractivity contribution < 1.29 is 13.9 Å². The quantitative estimate of drug-likeness (QED) is 0.877. The summed E-state index contributed by atoms with van der Waals surface area (Å²) in [6.07, 6.45) is 5.63. The topological polar surface area (TPSA) is 64.3 Å². The smallest absolute Gasteiger partial charge is 0.258 e. The van der Waals surface area contributed by atoms with E-state index in [-0.39, 0.29) is 24.6 Å². The van der Waals surface area contributed by atoms with Gasteiger partial charge < -0.3 is 15.8 Å². The van der Waals surface area contributed by atoms with Gasteiger partial charge in [0.05, 0.1) is 0 Å². The van der Waals surface area contributed by atoms with Crippen molar-refractivity contribution >= 4 is 5.91 Å². The Labute approximate surface area is 124 Å². The Morgan fingerprint density at radius 3 is 2.76 bits per heavy atom. The van der Waals surface area contributed by atoms with Crippen LogP contribution in [0, 0.1) is 5.82 Å². The van der Waals surface area contributed by atoms with Gasteiger partial charge in [0.15, 0.2) is 6.61 Å². The first kappa shape index (κ1) is 15.8. The number of ether oxygens (including phenoxy) is 1. The zero-order chi connectivity index (χ0) is 15.2. The predicted octanol–water partition coefficient (Wildman–Crippen LogP) is 2.67. The third-order valence-corrected chi connectivity index (χ3v) is 3.80. The number of rotatable bonds is 5. The molecular weight excluding hydrogens is 271 g/mol. The SMILES string of the molecule is C[C@@H](N)c1ccc(OCC(=O)NC2CCCCC2)cc1F. The predicted molar refractivity (Wildman–Crippen MR) is 79.5 cm³/mol. The number of nitrogens with two attached hydrogens (primary N) is 1. The summed E-state index contributed by atoms with van der Waals surface area (Å²) in [5.41, 5.74) is 6.08. The van der Waals surface area contributed by atoms with Crippen LogP contribution in [0.3, 0.4) is 0 Å². The lowest BCUT2D eigenvalue weighted by Crippen LogP contribution is -2.38. The van der Waals surface area contributed by atoms with Crippen molar-refractivity contribution in [3.63, 3.8) is 0 Å². The van der Waals surface area contributed by atoms with Crippen molar-refractivity contribution in [2.75, 3.05) is 6.61 Å². The number of hydrogen-bond acceptors (Lipinski definition) is 3. The van der Waals surface area contributed by atoms with Gasteiger partial charge >= 0.3 is 0 Å². The molecule has 0 bridgehead atoms. The highest BCUT2D eigenvalue weighted by Gasteiger charge is 2.16. The Bertz CT molecular complexity index is 485. The maximum absolute atomic E-state index is 13.7. The van der Waals surface area contributed by atoms with Crippen LogP contribution < -0.4 is 15.8 Å². The minimum atomic E-state index is -0.407. The molecule has 3 N–H and O–H groups in total. The van der Waals surface area contributed by atoms with E-state index in [1.54, 1.807) is 19.1 Å². The monoisotopic (exact) mass is 294 g/mol. The summed E-state index contributed by atoms with van der Waals surface area (Å²) < 4.78 is 19.1. The number of nitrogens with one attached hydrogen (secondary N) is 1. The first-order valence-corrected chi connectivity index (χ1v) is 7.53. The fourth-order valence-corrected chi connectivity index (χ4v) is 2.63. The summed E-state index contributed by atoms with van der Waals surface area (Å²) in [5.74, 6) is -0.218. The molecule has 0 radical (unpaired) electrons. The minimum absolute atomic E-state index is 0.0898. The summed E-state index contributed by atoms with van der Waals surface area (Å²) in [6.45, 7) is 1.63. The summed E-state index contributed by atoms with van der Waals surface area (Å²) in [5, 5.41) is 2.96. The third kappa shape index (κ3) is 4.70. The van der Waals surface area contributed by atoms with E-state index in [0.29, 0.717) is 11.3 Å². The fourth-order valence-electron chi connectivity index (χ4n) is 2.63. The van der Waals surface area contributed by atoms with Crippen LogP contribution in [0.1, 0.15) is 50.6 Å². The van der Waals surface area contributed by atoms with Crippen LogP contribution in [0.2, 0.25) is 0 Å². The fraction of sp³-hybridized carbons (Fsp3) is 0.562. The van der Waals surface area contributed by atoms with E-state index < -0.39 is 5.82 Å². The van der Waals surface area contributed by atoms with E-state index in [0.717, 1.165) is 25.7 Å².